The van der Waals surface area contributed by atoms with Crippen LogP contribution in [0.15, 0.2) is 0 Å². The fourth-order valence-electron chi connectivity index (χ4n) is 5.74. The molecule has 0 saturated carbocycles. The summed E-state index contributed by atoms with van der Waals surface area (Å²) in [7, 11) is 0.401. The first-order chi connectivity index (χ1) is 21.5. The molecule has 6 heteroatoms. The first-order valence-corrected chi connectivity index (χ1v) is 21.1. The molecular weight excluding hydrogens is 569 g/mol. The fourth-order valence-corrected chi connectivity index (χ4v) is 6.79. The Hall–Kier alpha value is -0.200. The topological polar surface area (TPSA) is 55.4 Å². The summed E-state index contributed by atoms with van der Waals surface area (Å²) in [5, 5.41) is 2.75. The lowest BCUT2D eigenvalue weighted by Crippen LogP contribution is -2.11. The molecule has 0 aromatic rings. The summed E-state index contributed by atoms with van der Waals surface area (Å²) >= 11 is 0. The van der Waals surface area contributed by atoms with Gasteiger partial charge in [0, 0.05) is 0 Å². The molecule has 0 aliphatic heterocycles. The number of alkyl halides is 1. The van der Waals surface area contributed by atoms with Gasteiger partial charge in [0.05, 0.1) is 19.0 Å². The molecular formula is C38H80FNO3S. The Balaban J connectivity index is 0. The Kier molecular flexibility index (Phi) is 42.6. The van der Waals surface area contributed by atoms with Crippen LogP contribution in [0.25, 0.3) is 0 Å². The molecule has 268 valence electrons. The molecule has 0 aliphatic rings. The van der Waals surface area contributed by atoms with Crippen LogP contribution in [-0.4, -0.2) is 41.5 Å². The predicted octanol–water partition coefficient (Wildman–Crippen LogP) is 12.6. The highest BCUT2D eigenvalue weighted by Crippen LogP contribution is 2.16. The molecule has 44 heavy (non-hydrogen) atoms. The van der Waals surface area contributed by atoms with Gasteiger partial charge >= 0.3 is 0 Å². The van der Waals surface area contributed by atoms with Crippen LogP contribution in [0.4, 0.5) is 4.39 Å². The van der Waals surface area contributed by atoms with E-state index in [2.05, 4.69) is 12.2 Å². The van der Waals surface area contributed by atoms with Gasteiger partial charge in [-0.05, 0) is 33.4 Å². The van der Waals surface area contributed by atoms with Crippen LogP contribution < -0.4 is 5.32 Å². The zero-order valence-corrected chi connectivity index (χ0v) is 31.1. The van der Waals surface area contributed by atoms with Crippen molar-refractivity contribution < 1.29 is 17.0 Å². The van der Waals surface area contributed by atoms with Crippen molar-refractivity contribution >= 4 is 10.1 Å². The average molecular weight is 650 g/mol. The van der Waals surface area contributed by atoms with E-state index in [1.807, 2.05) is 14.1 Å². The van der Waals surface area contributed by atoms with E-state index >= 15 is 0 Å². The first kappa shape index (κ1) is 45.9. The third kappa shape index (κ3) is 43.9. The smallest absolute Gasteiger partial charge is 0.267 e. The Labute approximate surface area is 277 Å². The summed E-state index contributed by atoms with van der Waals surface area (Å²) in [5.74, 6) is 0.162. The molecule has 1 N–H and O–H groups in total. The monoisotopic (exact) mass is 650 g/mol. The van der Waals surface area contributed by atoms with Crippen molar-refractivity contribution in [3.05, 3.63) is 0 Å². The normalized spacial score (nSPS) is 11.5. The van der Waals surface area contributed by atoms with Crippen LogP contribution in [0.3, 0.4) is 0 Å². The number of halogens is 1. The molecule has 4 nitrogen and oxygen atoms in total. The summed E-state index contributed by atoms with van der Waals surface area (Å²) in [4.78, 5) is 0. The van der Waals surface area contributed by atoms with Crippen molar-refractivity contribution in [2.75, 3.05) is 33.1 Å². The second kappa shape index (κ2) is 40.8. The fraction of sp³-hybridized carbons (Fsp3) is 1.00. The lowest BCUT2D eigenvalue weighted by Gasteiger charge is -2.06. The van der Waals surface area contributed by atoms with E-state index in [0.29, 0.717) is 19.4 Å². The van der Waals surface area contributed by atoms with Gasteiger partial charge in [0.15, 0.2) is 0 Å². The van der Waals surface area contributed by atoms with Crippen molar-refractivity contribution in [1.29, 1.82) is 0 Å². The summed E-state index contributed by atoms with van der Waals surface area (Å²) in [6.07, 6.45) is 40.3. The predicted molar refractivity (Wildman–Crippen MR) is 194 cm³/mol. The van der Waals surface area contributed by atoms with Crippen molar-refractivity contribution in [2.24, 2.45) is 0 Å². The van der Waals surface area contributed by atoms with E-state index in [1.54, 1.807) is 0 Å². The first-order valence-electron chi connectivity index (χ1n) is 19.6. The molecule has 0 fully saturated rings. The van der Waals surface area contributed by atoms with Crippen LogP contribution in [0.1, 0.15) is 212 Å². The number of rotatable bonds is 36. The Morgan fingerprint density at radius 3 is 0.977 bits per heavy atom. The summed E-state index contributed by atoms with van der Waals surface area (Å²) in [5.41, 5.74) is 0. The lowest BCUT2D eigenvalue weighted by molar-refractivity contribution is 0.305. The van der Waals surface area contributed by atoms with E-state index in [1.165, 1.54) is 154 Å². The third-order valence-electron chi connectivity index (χ3n) is 8.54. The number of hydrogen-bond acceptors (Lipinski definition) is 4. The molecule has 0 atom stereocenters. The largest absolute Gasteiger partial charge is 0.323 e. The van der Waals surface area contributed by atoms with Crippen LogP contribution in [0, 0.1) is 0 Å². The van der Waals surface area contributed by atoms with Gasteiger partial charge in [0.1, 0.15) is 0 Å². The molecule has 0 aliphatic carbocycles. The molecule has 0 rings (SSSR count). The van der Waals surface area contributed by atoms with Gasteiger partial charge in [-0.2, -0.15) is 8.42 Å². The van der Waals surface area contributed by atoms with Gasteiger partial charge in [0.2, 0.25) is 0 Å². The number of hydrogen-bond donors (Lipinski definition) is 1. The molecule has 0 radical (unpaired) electrons. The molecule has 0 bridgehead atoms. The number of unbranched alkanes of at least 4 members (excludes halogenated alkanes) is 30. The molecule has 0 saturated heterocycles. The van der Waals surface area contributed by atoms with Crippen LogP contribution in [0.2, 0.25) is 0 Å². The van der Waals surface area contributed by atoms with E-state index in [-0.39, 0.29) is 12.4 Å². The van der Waals surface area contributed by atoms with Crippen LogP contribution in [0.5, 0.6) is 0 Å². The Bertz CT molecular complexity index is 603. The van der Waals surface area contributed by atoms with Crippen molar-refractivity contribution in [2.45, 2.75) is 212 Å². The van der Waals surface area contributed by atoms with E-state index in [9.17, 15) is 12.8 Å². The quantitative estimate of drug-likeness (QED) is 0.0542. The maximum Gasteiger partial charge on any atom is 0.267 e. The van der Waals surface area contributed by atoms with Gasteiger partial charge in [-0.15, -0.1) is 0 Å². The molecule has 0 aromatic heterocycles. The summed E-state index contributed by atoms with van der Waals surface area (Å²) < 4.78 is 41.4. The van der Waals surface area contributed by atoms with Crippen LogP contribution in [-0.2, 0) is 14.3 Å². The minimum atomic E-state index is -3.35. The second-order valence-electron chi connectivity index (χ2n) is 13.2. The minimum absolute atomic E-state index is 0.162. The lowest BCUT2D eigenvalue weighted by atomic mass is 10.0. The van der Waals surface area contributed by atoms with Crippen molar-refractivity contribution in [3.8, 4) is 0 Å². The van der Waals surface area contributed by atoms with E-state index in [4.69, 9.17) is 4.18 Å². The zero-order chi connectivity index (χ0) is 32.7. The Morgan fingerprint density at radius 2 is 0.682 bits per heavy atom. The highest BCUT2D eigenvalue weighted by atomic mass is 32.2. The highest BCUT2D eigenvalue weighted by molar-refractivity contribution is 7.86. The summed E-state index contributed by atoms with van der Waals surface area (Å²) in [6.45, 7) is 2.45. The maximum atomic E-state index is 12.1. The maximum absolute atomic E-state index is 12.1. The van der Waals surface area contributed by atoms with E-state index in [0.717, 1.165) is 38.5 Å². The highest BCUT2D eigenvalue weighted by Gasteiger charge is 2.10. The van der Waals surface area contributed by atoms with Crippen LogP contribution >= 0.6 is 0 Å². The zero-order valence-electron chi connectivity index (χ0n) is 30.3. The molecule has 0 aromatic carbocycles. The molecule has 0 amide bonds. The van der Waals surface area contributed by atoms with Crippen molar-refractivity contribution in [3.63, 3.8) is 0 Å². The van der Waals surface area contributed by atoms with Gasteiger partial charge in [-0.25, -0.2) is 0 Å². The number of nitrogens with one attached hydrogen (secondary N) is 1. The SMILES string of the molecule is CCCCCCCCCCCCCCCCCCCCCCCCOS(=O)(=O)CCCCCCCCCCCCF.CNC. The van der Waals surface area contributed by atoms with Gasteiger partial charge < -0.3 is 5.32 Å². The molecule has 0 heterocycles. The van der Waals surface area contributed by atoms with Gasteiger partial charge in [-0.3, -0.25) is 8.57 Å². The van der Waals surface area contributed by atoms with Gasteiger partial charge in [-0.1, -0.05) is 193 Å². The molecule has 0 unspecified atom stereocenters. The Morgan fingerprint density at radius 1 is 0.432 bits per heavy atom. The second-order valence-corrected chi connectivity index (χ2v) is 15.0. The third-order valence-corrected chi connectivity index (χ3v) is 9.85. The summed E-state index contributed by atoms with van der Waals surface area (Å²) in [6, 6.07) is 0. The van der Waals surface area contributed by atoms with E-state index < -0.39 is 10.1 Å². The van der Waals surface area contributed by atoms with Gasteiger partial charge in [0.25, 0.3) is 10.1 Å². The average Bonchev–Trinajstić information content (AvgIpc) is 3.00. The minimum Gasteiger partial charge on any atom is -0.323 e. The van der Waals surface area contributed by atoms with Crippen molar-refractivity contribution in [1.82, 2.24) is 5.32 Å². The standard InChI is InChI=1S/C36H73FO3S.C2H7N/c1-2-3-4-5-6-7-8-9-10-11-12-13-14-15-16-17-18-20-23-26-29-32-35-40-41(38,39)36-33-30-27-24-21-19-22-25-28-31-34-37;1-3-2/h2-36H2,1H3;3H,1-2H3. The molecule has 0 spiro atoms.